The van der Waals surface area contributed by atoms with E-state index in [1.807, 2.05) is 6.07 Å². The molecule has 1 aliphatic heterocycles. The second-order valence-corrected chi connectivity index (χ2v) is 6.56. The Bertz CT molecular complexity index is 860. The normalized spacial score (nSPS) is 26.5. The van der Waals surface area contributed by atoms with Crippen molar-refractivity contribution in [3.05, 3.63) is 41.5 Å². The first-order valence-corrected chi connectivity index (χ1v) is 9.15. The molecule has 0 amide bonds. The van der Waals surface area contributed by atoms with Crippen molar-refractivity contribution in [1.29, 1.82) is 5.26 Å². The van der Waals surface area contributed by atoms with E-state index in [2.05, 4.69) is 0 Å². The maximum Gasteiger partial charge on any atom is 0.331 e. The first-order chi connectivity index (χ1) is 14.8. The minimum atomic E-state index is -1.58. The summed E-state index contributed by atoms with van der Waals surface area (Å²) in [6.45, 7) is -1.21. The summed E-state index contributed by atoms with van der Waals surface area (Å²) in [5, 5.41) is 66.2. The number of benzene rings is 1. The first kappa shape index (κ1) is 24.3. The van der Waals surface area contributed by atoms with Crippen molar-refractivity contribution in [3.8, 4) is 17.6 Å². The molecule has 11 nitrogen and oxygen atoms in total. The summed E-state index contributed by atoms with van der Waals surface area (Å²) in [6, 6.07) is 5.79. The number of carbonyl (C=O) groups excluding carboxylic acids is 1. The third kappa shape index (κ3) is 6.76. The smallest absolute Gasteiger partial charge is 0.331 e. The molecule has 1 heterocycles. The number of aliphatic hydroxyl groups excluding tert-OH is 4. The van der Waals surface area contributed by atoms with Crippen LogP contribution in [0.25, 0.3) is 6.08 Å². The van der Waals surface area contributed by atoms with Crippen molar-refractivity contribution in [2.24, 2.45) is 0 Å². The van der Waals surface area contributed by atoms with E-state index in [0.29, 0.717) is 5.56 Å². The predicted molar refractivity (Wildman–Crippen MR) is 103 cm³/mol. The average molecular weight is 437 g/mol. The van der Waals surface area contributed by atoms with Crippen molar-refractivity contribution >= 4 is 12.0 Å². The Morgan fingerprint density at radius 1 is 1.16 bits per heavy atom. The van der Waals surface area contributed by atoms with Crippen molar-refractivity contribution < 1.29 is 49.6 Å². The summed E-state index contributed by atoms with van der Waals surface area (Å²) in [4.78, 5) is 11.8. The van der Waals surface area contributed by atoms with E-state index in [0.717, 1.165) is 6.08 Å². The lowest BCUT2D eigenvalue weighted by atomic mass is 9.99. The molecule has 1 aromatic rings. The van der Waals surface area contributed by atoms with Gasteiger partial charge in [-0.2, -0.15) is 5.26 Å². The van der Waals surface area contributed by atoms with E-state index in [1.165, 1.54) is 30.4 Å². The van der Waals surface area contributed by atoms with Gasteiger partial charge in [-0.3, -0.25) is 0 Å². The number of hydrogen-bond donors (Lipinski definition) is 6. The molecule has 1 fully saturated rings. The lowest BCUT2D eigenvalue weighted by molar-refractivity contribution is -0.298. The van der Waals surface area contributed by atoms with Crippen LogP contribution in [-0.4, -0.2) is 87.1 Å². The SMILES string of the molecule is N#C/C(=C\CO[C@@H]1O[C@H](CO)[C@@H](O)[C@H](O)[C@H]1O)COC(=O)/C=C/c1ccc(O)c(O)c1. The minimum Gasteiger partial charge on any atom is -0.504 e. The second kappa shape index (κ2) is 11.4. The molecule has 0 saturated carbocycles. The van der Waals surface area contributed by atoms with Gasteiger partial charge in [0.1, 0.15) is 31.0 Å². The van der Waals surface area contributed by atoms with Crippen LogP contribution in [0.4, 0.5) is 0 Å². The van der Waals surface area contributed by atoms with Gasteiger partial charge >= 0.3 is 5.97 Å². The summed E-state index contributed by atoms with van der Waals surface area (Å²) in [5.74, 6) is -1.40. The highest BCUT2D eigenvalue weighted by Gasteiger charge is 2.43. The van der Waals surface area contributed by atoms with Crippen molar-refractivity contribution in [1.82, 2.24) is 0 Å². The van der Waals surface area contributed by atoms with Gasteiger partial charge in [0.15, 0.2) is 17.8 Å². The van der Waals surface area contributed by atoms with Gasteiger partial charge in [0, 0.05) is 6.08 Å². The Morgan fingerprint density at radius 3 is 2.55 bits per heavy atom. The number of aliphatic hydroxyl groups is 4. The molecular formula is C20H23NO10. The fourth-order valence-corrected chi connectivity index (χ4v) is 2.59. The fourth-order valence-electron chi connectivity index (χ4n) is 2.59. The van der Waals surface area contributed by atoms with E-state index >= 15 is 0 Å². The number of ether oxygens (including phenoxy) is 3. The van der Waals surface area contributed by atoms with Crippen LogP contribution >= 0.6 is 0 Å². The van der Waals surface area contributed by atoms with Crippen LogP contribution in [0, 0.1) is 11.3 Å². The number of esters is 1. The number of carbonyl (C=O) groups is 1. The maximum absolute atomic E-state index is 11.8. The number of phenolic OH excluding ortho intramolecular Hbond substituents is 2. The molecule has 1 saturated heterocycles. The highest BCUT2D eigenvalue weighted by atomic mass is 16.7. The molecule has 31 heavy (non-hydrogen) atoms. The van der Waals surface area contributed by atoms with Crippen molar-refractivity contribution in [2.45, 2.75) is 30.7 Å². The summed E-state index contributed by atoms with van der Waals surface area (Å²) >= 11 is 0. The molecule has 0 spiro atoms. The Labute approximate surface area is 177 Å². The predicted octanol–water partition coefficient (Wildman–Crippen LogP) is -1.08. The third-order valence-corrected chi connectivity index (χ3v) is 4.36. The number of phenols is 2. The van der Waals surface area contributed by atoms with Crippen LogP contribution in [0.1, 0.15) is 5.56 Å². The molecule has 11 heteroatoms. The highest BCUT2D eigenvalue weighted by Crippen LogP contribution is 2.25. The first-order valence-electron chi connectivity index (χ1n) is 9.15. The molecule has 1 aromatic carbocycles. The molecular weight excluding hydrogens is 414 g/mol. The van der Waals surface area contributed by atoms with Crippen molar-refractivity contribution in [2.75, 3.05) is 19.8 Å². The molecule has 0 aliphatic carbocycles. The van der Waals surface area contributed by atoms with Gasteiger partial charge in [0.2, 0.25) is 0 Å². The zero-order valence-corrected chi connectivity index (χ0v) is 16.2. The highest BCUT2D eigenvalue weighted by molar-refractivity contribution is 5.87. The van der Waals surface area contributed by atoms with Crippen LogP contribution in [-0.2, 0) is 19.0 Å². The summed E-state index contributed by atoms with van der Waals surface area (Å²) in [6.07, 6.45) is -3.44. The van der Waals surface area contributed by atoms with E-state index < -0.39 is 43.3 Å². The summed E-state index contributed by atoms with van der Waals surface area (Å²) in [5.41, 5.74) is 0.477. The molecule has 0 unspecified atom stereocenters. The molecule has 168 valence electrons. The zero-order valence-electron chi connectivity index (χ0n) is 16.2. The standard InChI is InChI=1S/C20H23NO10/c21-8-12(5-6-29-20-19(28)18(27)17(26)15(9-22)31-20)10-30-16(25)4-2-11-1-3-13(23)14(24)7-11/h1-5,7,15,17-20,22-24,26-28H,6,9-10H2/b4-2+,12-5+/t15-,17-,18+,19-,20-/m1/s1. The molecule has 1 aliphatic rings. The van der Waals surface area contributed by atoms with Gasteiger partial charge < -0.3 is 44.8 Å². The van der Waals surface area contributed by atoms with Gasteiger partial charge in [-0.15, -0.1) is 0 Å². The Balaban J connectivity index is 1.84. The van der Waals surface area contributed by atoms with Gasteiger partial charge in [0.25, 0.3) is 0 Å². The average Bonchev–Trinajstić information content (AvgIpc) is 2.76. The Kier molecular flexibility index (Phi) is 8.95. The fraction of sp³-hybridized carbons (Fsp3) is 0.400. The number of nitrogens with zero attached hydrogens (tertiary/aromatic N) is 1. The van der Waals surface area contributed by atoms with Crippen LogP contribution in [0.2, 0.25) is 0 Å². The lowest BCUT2D eigenvalue weighted by Crippen LogP contribution is -2.59. The molecule has 2 rings (SSSR count). The second-order valence-electron chi connectivity index (χ2n) is 6.56. The molecule has 0 radical (unpaired) electrons. The van der Waals surface area contributed by atoms with Crippen LogP contribution in [0.5, 0.6) is 11.5 Å². The molecule has 5 atom stereocenters. The van der Waals surface area contributed by atoms with E-state index in [1.54, 1.807) is 0 Å². The third-order valence-electron chi connectivity index (χ3n) is 4.36. The summed E-state index contributed by atoms with van der Waals surface area (Å²) < 4.78 is 15.3. The van der Waals surface area contributed by atoms with E-state index in [-0.39, 0.29) is 30.3 Å². The van der Waals surface area contributed by atoms with Crippen LogP contribution < -0.4 is 0 Å². The van der Waals surface area contributed by atoms with Crippen LogP contribution in [0.3, 0.4) is 0 Å². The number of rotatable bonds is 8. The van der Waals surface area contributed by atoms with Crippen molar-refractivity contribution in [3.63, 3.8) is 0 Å². The van der Waals surface area contributed by atoms with E-state index in [9.17, 15) is 30.3 Å². The number of nitriles is 1. The summed E-state index contributed by atoms with van der Waals surface area (Å²) in [7, 11) is 0. The quantitative estimate of drug-likeness (QED) is 0.126. The number of hydrogen-bond acceptors (Lipinski definition) is 11. The van der Waals surface area contributed by atoms with Gasteiger partial charge in [-0.1, -0.05) is 6.07 Å². The zero-order chi connectivity index (χ0) is 23.0. The minimum absolute atomic E-state index is 0.0358. The largest absolute Gasteiger partial charge is 0.504 e. The molecule has 0 aromatic heterocycles. The van der Waals surface area contributed by atoms with Gasteiger partial charge in [-0.05, 0) is 29.8 Å². The maximum atomic E-state index is 11.8. The lowest BCUT2D eigenvalue weighted by Gasteiger charge is -2.39. The number of aromatic hydroxyl groups is 2. The Hall–Kier alpha value is -2.98. The molecule has 6 N–H and O–H groups in total. The van der Waals surface area contributed by atoms with Gasteiger partial charge in [-0.25, -0.2) is 4.79 Å². The van der Waals surface area contributed by atoms with Gasteiger partial charge in [0.05, 0.1) is 24.9 Å². The Morgan fingerprint density at radius 2 is 1.90 bits per heavy atom. The van der Waals surface area contributed by atoms with E-state index in [4.69, 9.17) is 24.6 Å². The van der Waals surface area contributed by atoms with Crippen LogP contribution in [0.15, 0.2) is 35.9 Å². The topological polar surface area (TPSA) is 190 Å². The molecule has 0 bridgehead atoms. The monoisotopic (exact) mass is 437 g/mol.